The summed E-state index contributed by atoms with van der Waals surface area (Å²) in [6.45, 7) is 1.78. The molecule has 0 aliphatic carbocycles. The maximum Gasteiger partial charge on any atom is 0.307 e. The molecule has 2 aromatic rings. The highest BCUT2D eigenvalue weighted by Gasteiger charge is 2.15. The summed E-state index contributed by atoms with van der Waals surface area (Å²) >= 11 is 5.60. The van der Waals surface area contributed by atoms with Gasteiger partial charge in [0.1, 0.15) is 12.4 Å². The summed E-state index contributed by atoms with van der Waals surface area (Å²) in [5.41, 5.74) is 0.558. The van der Waals surface area contributed by atoms with E-state index in [1.807, 2.05) is 0 Å². The molecule has 0 spiro atoms. The second kappa shape index (κ2) is 4.61. The van der Waals surface area contributed by atoms with E-state index in [1.54, 1.807) is 6.92 Å². The van der Waals surface area contributed by atoms with Gasteiger partial charge in [-0.25, -0.2) is 4.98 Å². The molecule has 18 heavy (non-hydrogen) atoms. The Bertz CT molecular complexity index is 599. The van der Waals surface area contributed by atoms with Crippen molar-refractivity contribution < 1.29 is 10.0 Å². The highest BCUT2D eigenvalue weighted by Crippen LogP contribution is 2.26. The first-order valence-electron chi connectivity index (χ1n) is 5.02. The Morgan fingerprint density at radius 2 is 2.28 bits per heavy atom. The largest absolute Gasteiger partial charge is 0.505 e. The molecule has 0 amide bonds. The third-order valence-corrected chi connectivity index (χ3v) is 2.81. The lowest BCUT2D eigenvalue weighted by Crippen LogP contribution is -2.07. The zero-order valence-electron chi connectivity index (χ0n) is 9.32. The van der Waals surface area contributed by atoms with Crippen LogP contribution < -0.4 is 0 Å². The molecule has 2 heterocycles. The summed E-state index contributed by atoms with van der Waals surface area (Å²) in [5.74, 6) is -0.136. The van der Waals surface area contributed by atoms with Gasteiger partial charge in [0.15, 0.2) is 10.9 Å². The molecule has 0 saturated carbocycles. The Hall–Kier alpha value is -2.15. The van der Waals surface area contributed by atoms with E-state index in [0.717, 1.165) is 0 Å². The number of pyridine rings is 1. The van der Waals surface area contributed by atoms with E-state index in [9.17, 15) is 15.2 Å². The third-order valence-electron chi connectivity index (χ3n) is 2.52. The molecule has 0 saturated heterocycles. The number of aromatic nitrogens is 3. The van der Waals surface area contributed by atoms with Crippen LogP contribution in [0.4, 0.5) is 5.69 Å². The molecule has 2 aromatic heterocycles. The van der Waals surface area contributed by atoms with Gasteiger partial charge in [-0.3, -0.25) is 14.8 Å². The third kappa shape index (κ3) is 2.25. The second-order valence-electron chi connectivity index (χ2n) is 3.69. The van der Waals surface area contributed by atoms with E-state index in [1.165, 1.54) is 29.3 Å². The summed E-state index contributed by atoms with van der Waals surface area (Å²) < 4.78 is 1.42. The van der Waals surface area contributed by atoms with Gasteiger partial charge >= 0.3 is 5.69 Å². The average Bonchev–Trinajstić information content (AvgIpc) is 2.81. The van der Waals surface area contributed by atoms with Crippen LogP contribution in [0.3, 0.4) is 0 Å². The maximum absolute atomic E-state index is 10.6. The topological polar surface area (TPSA) is 94.1 Å². The van der Waals surface area contributed by atoms with E-state index in [-0.39, 0.29) is 22.6 Å². The molecule has 0 aliphatic heterocycles. The number of hydrogen-bond donors (Lipinski definition) is 1. The van der Waals surface area contributed by atoms with Gasteiger partial charge in [-0.1, -0.05) is 11.6 Å². The SMILES string of the molecule is CC(c1cnc(Cl)c(O)c1)n1cc([N+](=O)[O-])cn1. The molecule has 2 rings (SSSR count). The molecule has 0 aliphatic rings. The lowest BCUT2D eigenvalue weighted by molar-refractivity contribution is -0.385. The first-order chi connectivity index (χ1) is 8.49. The molecular weight excluding hydrogens is 260 g/mol. The number of nitro groups is 1. The normalized spacial score (nSPS) is 12.3. The van der Waals surface area contributed by atoms with Gasteiger partial charge in [-0.15, -0.1) is 0 Å². The van der Waals surface area contributed by atoms with Crippen molar-refractivity contribution in [2.45, 2.75) is 13.0 Å². The Morgan fingerprint density at radius 1 is 1.56 bits per heavy atom. The molecule has 8 heteroatoms. The van der Waals surface area contributed by atoms with Crippen molar-refractivity contribution in [3.05, 3.63) is 45.5 Å². The lowest BCUT2D eigenvalue weighted by atomic mass is 10.1. The smallest absolute Gasteiger partial charge is 0.307 e. The summed E-state index contributed by atoms with van der Waals surface area (Å²) in [4.78, 5) is 13.8. The van der Waals surface area contributed by atoms with Crippen molar-refractivity contribution in [2.75, 3.05) is 0 Å². The van der Waals surface area contributed by atoms with Gasteiger partial charge < -0.3 is 5.11 Å². The monoisotopic (exact) mass is 268 g/mol. The van der Waals surface area contributed by atoms with E-state index in [4.69, 9.17) is 11.6 Å². The fourth-order valence-corrected chi connectivity index (χ4v) is 1.57. The number of aromatic hydroxyl groups is 1. The summed E-state index contributed by atoms with van der Waals surface area (Å²) in [5, 5.41) is 23.9. The van der Waals surface area contributed by atoms with Crippen molar-refractivity contribution >= 4 is 17.3 Å². The minimum Gasteiger partial charge on any atom is -0.505 e. The molecule has 1 atom stereocenters. The number of rotatable bonds is 3. The zero-order chi connectivity index (χ0) is 13.3. The first kappa shape index (κ1) is 12.3. The summed E-state index contributed by atoms with van der Waals surface area (Å²) in [6, 6.07) is 1.16. The van der Waals surface area contributed by atoms with E-state index in [0.29, 0.717) is 5.56 Å². The second-order valence-corrected chi connectivity index (χ2v) is 4.05. The van der Waals surface area contributed by atoms with Gasteiger partial charge in [0, 0.05) is 6.20 Å². The van der Waals surface area contributed by atoms with Crippen molar-refractivity contribution in [3.63, 3.8) is 0 Å². The predicted octanol–water partition coefficient (Wildman–Crippen LogP) is 2.15. The number of halogens is 1. The fraction of sp³-hybridized carbons (Fsp3) is 0.200. The molecule has 94 valence electrons. The zero-order valence-corrected chi connectivity index (χ0v) is 10.1. The van der Waals surface area contributed by atoms with Crippen molar-refractivity contribution in [2.24, 2.45) is 0 Å². The van der Waals surface area contributed by atoms with Gasteiger partial charge in [0.2, 0.25) is 0 Å². The van der Waals surface area contributed by atoms with Gasteiger partial charge in [-0.05, 0) is 18.6 Å². The quantitative estimate of drug-likeness (QED) is 0.523. The van der Waals surface area contributed by atoms with E-state index >= 15 is 0 Å². The summed E-state index contributed by atoms with van der Waals surface area (Å²) in [6.07, 6.45) is 3.97. The van der Waals surface area contributed by atoms with Gasteiger partial charge in [0.25, 0.3) is 0 Å². The minimum absolute atomic E-state index is 0.0115. The van der Waals surface area contributed by atoms with Crippen LogP contribution >= 0.6 is 11.6 Å². The minimum atomic E-state index is -0.520. The maximum atomic E-state index is 10.6. The Morgan fingerprint density at radius 3 is 2.83 bits per heavy atom. The van der Waals surface area contributed by atoms with Crippen LogP contribution in [0.1, 0.15) is 18.5 Å². The van der Waals surface area contributed by atoms with E-state index < -0.39 is 4.92 Å². The van der Waals surface area contributed by atoms with Crippen molar-refractivity contribution in [1.82, 2.24) is 14.8 Å². The summed E-state index contributed by atoms with van der Waals surface area (Å²) in [7, 11) is 0. The molecule has 7 nitrogen and oxygen atoms in total. The van der Waals surface area contributed by atoms with Crippen LogP contribution in [-0.2, 0) is 0 Å². The fourth-order valence-electron chi connectivity index (χ4n) is 1.47. The number of nitrogens with zero attached hydrogens (tertiary/aromatic N) is 4. The van der Waals surface area contributed by atoms with Crippen LogP contribution in [0, 0.1) is 10.1 Å². The van der Waals surface area contributed by atoms with Gasteiger partial charge in [0.05, 0.1) is 11.0 Å². The Kier molecular flexibility index (Phi) is 3.15. The Labute approximate surface area is 107 Å². The molecule has 0 bridgehead atoms. The van der Waals surface area contributed by atoms with Crippen LogP contribution in [0.5, 0.6) is 5.75 Å². The molecule has 0 fully saturated rings. The van der Waals surface area contributed by atoms with Gasteiger partial charge in [-0.2, -0.15) is 5.10 Å². The molecule has 1 unspecified atom stereocenters. The highest BCUT2D eigenvalue weighted by atomic mass is 35.5. The van der Waals surface area contributed by atoms with Crippen LogP contribution in [0.15, 0.2) is 24.7 Å². The average molecular weight is 269 g/mol. The first-order valence-corrected chi connectivity index (χ1v) is 5.40. The molecule has 1 N–H and O–H groups in total. The molecule has 0 radical (unpaired) electrons. The van der Waals surface area contributed by atoms with Crippen molar-refractivity contribution in [3.8, 4) is 5.75 Å². The van der Waals surface area contributed by atoms with Crippen LogP contribution in [0.25, 0.3) is 0 Å². The number of hydrogen-bond acceptors (Lipinski definition) is 5. The Balaban J connectivity index is 2.31. The van der Waals surface area contributed by atoms with Crippen LogP contribution in [0.2, 0.25) is 5.15 Å². The van der Waals surface area contributed by atoms with E-state index in [2.05, 4.69) is 10.1 Å². The molecule has 0 aromatic carbocycles. The van der Waals surface area contributed by atoms with Crippen molar-refractivity contribution in [1.29, 1.82) is 0 Å². The lowest BCUT2D eigenvalue weighted by Gasteiger charge is -2.12. The molecular formula is C10H9ClN4O3. The standard InChI is InChI=1S/C10H9ClN4O3/c1-6(7-2-9(16)10(11)12-3-7)14-5-8(4-13-14)15(17)18/h2-6,16H,1H3. The highest BCUT2D eigenvalue weighted by molar-refractivity contribution is 6.30. The van der Waals surface area contributed by atoms with Crippen LogP contribution in [-0.4, -0.2) is 24.8 Å². The predicted molar refractivity (Wildman–Crippen MR) is 63.6 cm³/mol.